The van der Waals surface area contributed by atoms with Crippen LogP contribution in [0.3, 0.4) is 0 Å². The Morgan fingerprint density at radius 1 is 1.03 bits per heavy atom. The number of rotatable bonds is 6. The zero-order chi connectivity index (χ0) is 20.8. The molecule has 1 unspecified atom stereocenters. The number of nitrogens with zero attached hydrogens (tertiary/aromatic N) is 2. The first-order valence-electron chi connectivity index (χ1n) is 9.22. The number of hydrogen-bond acceptors (Lipinski definition) is 4. The monoisotopic (exact) mass is 389 g/mol. The molecule has 148 valence electrons. The minimum Gasteiger partial charge on any atom is -0.497 e. The molecule has 3 aromatic rings. The van der Waals surface area contributed by atoms with Gasteiger partial charge in [0.15, 0.2) is 0 Å². The van der Waals surface area contributed by atoms with E-state index in [1.807, 2.05) is 31.2 Å². The fourth-order valence-electron chi connectivity index (χ4n) is 2.92. The summed E-state index contributed by atoms with van der Waals surface area (Å²) in [4.78, 5) is 30.9. The quantitative estimate of drug-likeness (QED) is 0.687. The van der Waals surface area contributed by atoms with Crippen molar-refractivity contribution < 1.29 is 14.3 Å². The van der Waals surface area contributed by atoms with Crippen molar-refractivity contribution in [2.24, 2.45) is 0 Å². The summed E-state index contributed by atoms with van der Waals surface area (Å²) in [5, 5.41) is 2.80. The molecule has 29 heavy (non-hydrogen) atoms. The molecule has 1 atom stereocenters. The first kappa shape index (κ1) is 20.1. The smallest absolute Gasteiger partial charge is 0.257 e. The lowest BCUT2D eigenvalue weighted by molar-refractivity contribution is 0.0742. The largest absolute Gasteiger partial charge is 0.497 e. The molecule has 0 saturated carbocycles. The summed E-state index contributed by atoms with van der Waals surface area (Å²) in [6, 6.07) is 17.8. The van der Waals surface area contributed by atoms with E-state index >= 15 is 0 Å². The van der Waals surface area contributed by atoms with Crippen LogP contribution in [0.2, 0.25) is 0 Å². The van der Waals surface area contributed by atoms with Crippen molar-refractivity contribution in [2.45, 2.75) is 13.0 Å². The normalized spacial score (nSPS) is 11.4. The number of methoxy groups -OCH3 is 1. The van der Waals surface area contributed by atoms with Crippen LogP contribution in [0.5, 0.6) is 5.75 Å². The molecular formula is C23H23N3O3. The van der Waals surface area contributed by atoms with Gasteiger partial charge in [-0.05, 0) is 55.0 Å². The van der Waals surface area contributed by atoms with E-state index in [1.54, 1.807) is 61.7 Å². The maximum atomic E-state index is 13.0. The van der Waals surface area contributed by atoms with Gasteiger partial charge >= 0.3 is 0 Å². The molecule has 1 heterocycles. The maximum absolute atomic E-state index is 13.0. The zero-order valence-electron chi connectivity index (χ0n) is 16.6. The van der Waals surface area contributed by atoms with E-state index in [9.17, 15) is 9.59 Å². The molecule has 0 bridgehead atoms. The van der Waals surface area contributed by atoms with Crippen LogP contribution in [0.15, 0.2) is 73.1 Å². The van der Waals surface area contributed by atoms with Gasteiger partial charge in [-0.3, -0.25) is 14.6 Å². The van der Waals surface area contributed by atoms with Gasteiger partial charge in [0.25, 0.3) is 11.8 Å². The molecule has 1 N–H and O–H groups in total. The van der Waals surface area contributed by atoms with Gasteiger partial charge in [0.05, 0.1) is 18.7 Å². The second-order valence-corrected chi connectivity index (χ2v) is 6.64. The van der Waals surface area contributed by atoms with Gasteiger partial charge in [-0.25, -0.2) is 0 Å². The molecule has 0 radical (unpaired) electrons. The summed E-state index contributed by atoms with van der Waals surface area (Å²) in [5.74, 6) is 0.362. The number of carbonyl (C=O) groups is 2. The van der Waals surface area contributed by atoms with Crippen LogP contribution in [0.25, 0.3) is 0 Å². The van der Waals surface area contributed by atoms with E-state index in [4.69, 9.17) is 4.74 Å². The predicted molar refractivity (Wildman–Crippen MR) is 112 cm³/mol. The Morgan fingerprint density at radius 2 is 1.76 bits per heavy atom. The SMILES string of the molecule is COc1ccc(C(C)N(C)C(=O)c2cccc(NC(=O)c3cccnc3)c2)cc1. The number of hydrogen-bond donors (Lipinski definition) is 1. The predicted octanol–water partition coefficient (Wildman–Crippen LogP) is 4.18. The van der Waals surface area contributed by atoms with E-state index in [0.717, 1.165) is 11.3 Å². The third-order valence-electron chi connectivity index (χ3n) is 4.79. The Kier molecular flexibility index (Phi) is 6.24. The van der Waals surface area contributed by atoms with Crippen LogP contribution in [0, 0.1) is 0 Å². The average molecular weight is 389 g/mol. The number of nitrogens with one attached hydrogen (secondary N) is 1. The summed E-state index contributed by atoms with van der Waals surface area (Å²) in [6.07, 6.45) is 3.10. The second-order valence-electron chi connectivity index (χ2n) is 6.64. The van der Waals surface area contributed by atoms with Crippen LogP contribution in [0.4, 0.5) is 5.69 Å². The molecule has 3 rings (SSSR count). The van der Waals surface area contributed by atoms with E-state index in [2.05, 4.69) is 10.3 Å². The van der Waals surface area contributed by atoms with E-state index < -0.39 is 0 Å². The first-order valence-corrected chi connectivity index (χ1v) is 9.22. The minimum absolute atomic E-state index is 0.123. The molecule has 0 fully saturated rings. The van der Waals surface area contributed by atoms with Gasteiger partial charge in [0.1, 0.15) is 5.75 Å². The lowest BCUT2D eigenvalue weighted by atomic mass is 10.1. The number of pyridine rings is 1. The highest BCUT2D eigenvalue weighted by Gasteiger charge is 2.19. The topological polar surface area (TPSA) is 71.5 Å². The van der Waals surface area contributed by atoms with E-state index in [0.29, 0.717) is 16.8 Å². The third-order valence-corrected chi connectivity index (χ3v) is 4.79. The van der Waals surface area contributed by atoms with Crippen molar-refractivity contribution in [1.29, 1.82) is 0 Å². The van der Waals surface area contributed by atoms with Crippen LogP contribution in [-0.4, -0.2) is 35.9 Å². The highest BCUT2D eigenvalue weighted by atomic mass is 16.5. The lowest BCUT2D eigenvalue weighted by Crippen LogP contribution is -2.29. The summed E-state index contributed by atoms with van der Waals surface area (Å²) in [6.45, 7) is 1.97. The van der Waals surface area contributed by atoms with Crippen molar-refractivity contribution in [3.05, 3.63) is 89.7 Å². The minimum atomic E-state index is -0.275. The van der Waals surface area contributed by atoms with Gasteiger partial charge in [-0.1, -0.05) is 18.2 Å². The molecule has 6 nitrogen and oxygen atoms in total. The molecular weight excluding hydrogens is 366 g/mol. The van der Waals surface area contributed by atoms with Gasteiger partial charge in [0.2, 0.25) is 0 Å². The summed E-state index contributed by atoms with van der Waals surface area (Å²) < 4.78 is 5.18. The molecule has 0 aliphatic heterocycles. The summed E-state index contributed by atoms with van der Waals surface area (Å²) in [7, 11) is 3.38. The molecule has 0 aliphatic rings. The van der Waals surface area contributed by atoms with Gasteiger partial charge < -0.3 is 15.0 Å². The Hall–Kier alpha value is -3.67. The number of aromatic nitrogens is 1. The second kappa shape index (κ2) is 9.01. The van der Waals surface area contributed by atoms with Crippen molar-refractivity contribution in [3.8, 4) is 5.75 Å². The van der Waals surface area contributed by atoms with Crippen LogP contribution >= 0.6 is 0 Å². The highest BCUT2D eigenvalue weighted by molar-refractivity contribution is 6.04. The number of carbonyl (C=O) groups excluding carboxylic acids is 2. The van der Waals surface area contributed by atoms with Crippen LogP contribution in [0.1, 0.15) is 39.2 Å². The van der Waals surface area contributed by atoms with Gasteiger partial charge in [-0.15, -0.1) is 0 Å². The lowest BCUT2D eigenvalue weighted by Gasteiger charge is -2.26. The maximum Gasteiger partial charge on any atom is 0.257 e. The molecule has 2 aromatic carbocycles. The molecule has 6 heteroatoms. The summed E-state index contributed by atoms with van der Waals surface area (Å²) in [5.41, 5.74) is 2.50. The van der Waals surface area contributed by atoms with Crippen molar-refractivity contribution in [1.82, 2.24) is 9.88 Å². The Labute approximate surface area is 170 Å². The number of benzene rings is 2. The van der Waals surface area contributed by atoms with Crippen LogP contribution < -0.4 is 10.1 Å². The van der Waals surface area contributed by atoms with E-state index in [1.165, 1.54) is 6.20 Å². The number of amides is 2. The fourth-order valence-corrected chi connectivity index (χ4v) is 2.92. The molecule has 0 saturated heterocycles. The first-order chi connectivity index (χ1) is 14.0. The zero-order valence-corrected chi connectivity index (χ0v) is 16.6. The Morgan fingerprint density at radius 3 is 2.41 bits per heavy atom. The highest BCUT2D eigenvalue weighted by Crippen LogP contribution is 2.24. The molecule has 2 amide bonds. The Bertz CT molecular complexity index is 988. The Balaban J connectivity index is 1.73. The van der Waals surface area contributed by atoms with Crippen molar-refractivity contribution in [2.75, 3.05) is 19.5 Å². The summed E-state index contributed by atoms with van der Waals surface area (Å²) >= 11 is 0. The fraction of sp³-hybridized carbons (Fsp3) is 0.174. The van der Waals surface area contributed by atoms with Crippen molar-refractivity contribution in [3.63, 3.8) is 0 Å². The molecule has 1 aromatic heterocycles. The average Bonchev–Trinajstić information content (AvgIpc) is 2.78. The molecule has 0 aliphatic carbocycles. The number of anilines is 1. The van der Waals surface area contributed by atoms with Crippen LogP contribution in [-0.2, 0) is 0 Å². The van der Waals surface area contributed by atoms with Crippen molar-refractivity contribution >= 4 is 17.5 Å². The third kappa shape index (κ3) is 4.79. The van der Waals surface area contributed by atoms with Gasteiger partial charge in [0, 0.05) is 30.7 Å². The van der Waals surface area contributed by atoms with Gasteiger partial charge in [-0.2, -0.15) is 0 Å². The molecule has 0 spiro atoms. The van der Waals surface area contributed by atoms with E-state index in [-0.39, 0.29) is 17.9 Å². The number of ether oxygens (including phenoxy) is 1. The standard InChI is InChI=1S/C23H23N3O3/c1-16(17-9-11-21(29-3)12-10-17)26(2)23(28)18-6-4-8-20(14-18)25-22(27)19-7-5-13-24-15-19/h4-16H,1-3H3,(H,25,27).